The molecule has 0 spiro atoms. The highest BCUT2D eigenvalue weighted by Crippen LogP contribution is 2.46. The predicted molar refractivity (Wildman–Crippen MR) is 191 cm³/mol. The fourth-order valence-electron chi connectivity index (χ4n) is 6.72. The average Bonchev–Trinajstić information content (AvgIpc) is 3.86. The van der Waals surface area contributed by atoms with Crippen molar-refractivity contribution in [2.45, 2.75) is 0 Å². The van der Waals surface area contributed by atoms with Crippen molar-refractivity contribution >= 4 is 65.3 Å². The lowest BCUT2D eigenvalue weighted by molar-refractivity contribution is 0.671. The van der Waals surface area contributed by atoms with E-state index in [9.17, 15) is 0 Å². The Morgan fingerprint density at radius 1 is 0.553 bits per heavy atom. The highest BCUT2D eigenvalue weighted by atomic mass is 32.1. The minimum absolute atomic E-state index is 0.607. The number of hydrogen-bond acceptors (Lipinski definition) is 6. The molecule has 10 rings (SSSR count). The van der Waals surface area contributed by atoms with Crippen LogP contribution in [0.15, 0.2) is 143 Å². The molecule has 0 saturated carbocycles. The Bertz CT molecular complexity index is 2740. The Kier molecular flexibility index (Phi) is 5.64. The Morgan fingerprint density at radius 2 is 1.17 bits per heavy atom. The molecule has 4 aromatic heterocycles. The Hall–Kier alpha value is -6.18. The number of hydrogen-bond donors (Lipinski definition) is 0. The number of aromatic nitrogens is 5. The molecular formula is C40H23N5OS. The zero-order valence-electron chi connectivity index (χ0n) is 24.8. The van der Waals surface area contributed by atoms with E-state index in [4.69, 9.17) is 24.4 Å². The van der Waals surface area contributed by atoms with Crippen LogP contribution in [0.4, 0.5) is 0 Å². The number of furan rings is 1. The largest absolute Gasteiger partial charge is 0.454 e. The van der Waals surface area contributed by atoms with Crippen LogP contribution in [0.5, 0.6) is 0 Å². The van der Waals surface area contributed by atoms with E-state index in [0.29, 0.717) is 17.5 Å². The molecule has 6 nitrogen and oxygen atoms in total. The molecule has 0 atom stereocenters. The molecule has 0 aliphatic heterocycles. The molecular weight excluding hydrogens is 599 g/mol. The third-order valence-corrected chi connectivity index (χ3v) is 9.62. The molecule has 0 saturated heterocycles. The summed E-state index contributed by atoms with van der Waals surface area (Å²) in [6.45, 7) is 0. The summed E-state index contributed by atoms with van der Waals surface area (Å²) in [5.74, 6) is 1.87. The molecule has 7 heteroatoms. The molecule has 0 radical (unpaired) electrons. The van der Waals surface area contributed by atoms with Crippen molar-refractivity contribution in [3.8, 4) is 39.9 Å². The molecule has 6 aromatic carbocycles. The third kappa shape index (κ3) is 3.97. The van der Waals surface area contributed by atoms with Crippen LogP contribution in [0.25, 0.3) is 93.8 Å². The monoisotopic (exact) mass is 621 g/mol. The maximum atomic E-state index is 6.70. The highest BCUT2D eigenvalue weighted by Gasteiger charge is 2.24. The normalized spacial score (nSPS) is 11.8. The first-order chi connectivity index (χ1) is 23.3. The number of fused-ring (bicyclic) bond motifs is 10. The van der Waals surface area contributed by atoms with Crippen molar-refractivity contribution in [1.29, 1.82) is 0 Å². The molecule has 0 amide bonds. The van der Waals surface area contributed by atoms with Crippen molar-refractivity contribution in [3.63, 3.8) is 0 Å². The summed E-state index contributed by atoms with van der Waals surface area (Å²) in [4.78, 5) is 19.8. The van der Waals surface area contributed by atoms with Gasteiger partial charge in [-0.05, 0) is 24.3 Å². The number of para-hydroxylation sites is 2. The molecule has 0 unspecified atom stereocenters. The average molecular weight is 622 g/mol. The summed E-state index contributed by atoms with van der Waals surface area (Å²) in [7, 11) is 0. The molecule has 10 aromatic rings. The number of benzene rings is 6. The highest BCUT2D eigenvalue weighted by molar-refractivity contribution is 7.18. The summed E-state index contributed by atoms with van der Waals surface area (Å²) in [6, 6.07) is 45.3. The van der Waals surface area contributed by atoms with Gasteiger partial charge in [-0.3, -0.25) is 0 Å². The summed E-state index contributed by atoms with van der Waals surface area (Å²) in [6.07, 6.45) is 0. The van der Waals surface area contributed by atoms with Gasteiger partial charge in [-0.25, -0.2) is 19.9 Å². The van der Waals surface area contributed by atoms with Crippen molar-refractivity contribution in [3.05, 3.63) is 139 Å². The first kappa shape index (κ1) is 26.1. The SMILES string of the molecule is c1ccc(-c2nc(-c3ccccc3)nc(-c3cccc(-n4c5ccccc5c5c6ncsc6c6c7ccccc7oc6c54)c3)n2)cc1. The van der Waals surface area contributed by atoms with Crippen LogP contribution in [0.3, 0.4) is 0 Å². The van der Waals surface area contributed by atoms with Crippen LogP contribution >= 0.6 is 11.3 Å². The third-order valence-electron chi connectivity index (χ3n) is 8.78. The predicted octanol–water partition coefficient (Wildman–Crippen LogP) is 10.5. The van der Waals surface area contributed by atoms with Crippen molar-refractivity contribution < 1.29 is 4.42 Å². The van der Waals surface area contributed by atoms with E-state index in [2.05, 4.69) is 65.2 Å². The van der Waals surface area contributed by atoms with Gasteiger partial charge in [-0.15, -0.1) is 11.3 Å². The minimum Gasteiger partial charge on any atom is -0.454 e. The van der Waals surface area contributed by atoms with Gasteiger partial charge in [0.15, 0.2) is 23.1 Å². The van der Waals surface area contributed by atoms with E-state index >= 15 is 0 Å². The van der Waals surface area contributed by atoms with Crippen molar-refractivity contribution in [1.82, 2.24) is 24.5 Å². The summed E-state index contributed by atoms with van der Waals surface area (Å²) >= 11 is 1.66. The molecule has 47 heavy (non-hydrogen) atoms. The Morgan fingerprint density at radius 3 is 1.91 bits per heavy atom. The molecule has 0 aliphatic carbocycles. The standard InChI is InChI=1S/C40H23N5OS/c1-3-12-24(13-4-1)38-42-39(25-14-5-2-6-15-25)44-40(43-38)26-16-11-17-27(22-26)45-30-20-9-7-18-28(30)32-34-37(47-23-41-34)33-29-19-8-10-21-31(29)46-36(33)35(32)45/h1-23H. The smallest absolute Gasteiger partial charge is 0.164 e. The molecule has 0 aliphatic rings. The lowest BCUT2D eigenvalue weighted by Gasteiger charge is -2.12. The lowest BCUT2D eigenvalue weighted by Crippen LogP contribution is -2.01. The molecule has 220 valence electrons. The number of rotatable bonds is 4. The topological polar surface area (TPSA) is 69.6 Å². The molecule has 4 heterocycles. The quantitative estimate of drug-likeness (QED) is 0.196. The van der Waals surface area contributed by atoms with Gasteiger partial charge in [0, 0.05) is 43.9 Å². The zero-order chi connectivity index (χ0) is 30.9. The zero-order valence-corrected chi connectivity index (χ0v) is 25.6. The summed E-state index contributed by atoms with van der Waals surface area (Å²) in [5.41, 5.74) is 10.5. The second-order valence-electron chi connectivity index (χ2n) is 11.5. The maximum Gasteiger partial charge on any atom is 0.164 e. The van der Waals surface area contributed by atoms with Crippen LogP contribution in [0, 0.1) is 0 Å². The number of thiazole rings is 1. The van der Waals surface area contributed by atoms with Crippen molar-refractivity contribution in [2.75, 3.05) is 0 Å². The van der Waals surface area contributed by atoms with E-state index < -0.39 is 0 Å². The number of nitrogens with zero attached hydrogens (tertiary/aromatic N) is 5. The van der Waals surface area contributed by atoms with Crippen LogP contribution in [-0.4, -0.2) is 24.5 Å². The van der Waals surface area contributed by atoms with E-state index in [1.807, 2.05) is 78.3 Å². The van der Waals surface area contributed by atoms with Crippen LogP contribution in [0.1, 0.15) is 0 Å². The van der Waals surface area contributed by atoms with Gasteiger partial charge in [0.1, 0.15) is 11.1 Å². The summed E-state index contributed by atoms with van der Waals surface area (Å²) in [5, 5.41) is 4.41. The van der Waals surface area contributed by atoms with E-state index in [0.717, 1.165) is 76.3 Å². The van der Waals surface area contributed by atoms with Gasteiger partial charge in [0.2, 0.25) is 0 Å². The molecule has 0 N–H and O–H groups in total. The first-order valence-corrected chi connectivity index (χ1v) is 16.3. The molecule has 0 bridgehead atoms. The van der Waals surface area contributed by atoms with Crippen LogP contribution < -0.4 is 0 Å². The van der Waals surface area contributed by atoms with E-state index in [1.165, 1.54) is 0 Å². The van der Waals surface area contributed by atoms with Crippen LogP contribution in [0.2, 0.25) is 0 Å². The second kappa shape index (κ2) is 10.2. The van der Waals surface area contributed by atoms with E-state index in [-0.39, 0.29) is 0 Å². The van der Waals surface area contributed by atoms with Gasteiger partial charge in [-0.1, -0.05) is 109 Å². The Labute approximate surface area is 272 Å². The fourth-order valence-corrected chi connectivity index (χ4v) is 7.57. The molecule has 0 fully saturated rings. The van der Waals surface area contributed by atoms with E-state index in [1.54, 1.807) is 11.3 Å². The lowest BCUT2D eigenvalue weighted by atomic mass is 10.1. The van der Waals surface area contributed by atoms with Gasteiger partial charge < -0.3 is 8.98 Å². The maximum absolute atomic E-state index is 6.70. The van der Waals surface area contributed by atoms with Crippen LogP contribution in [-0.2, 0) is 0 Å². The fraction of sp³-hybridized carbons (Fsp3) is 0. The van der Waals surface area contributed by atoms with Gasteiger partial charge in [0.05, 0.1) is 21.2 Å². The van der Waals surface area contributed by atoms with Crippen molar-refractivity contribution in [2.24, 2.45) is 0 Å². The minimum atomic E-state index is 0.607. The van der Waals surface area contributed by atoms with Gasteiger partial charge in [-0.2, -0.15) is 0 Å². The van der Waals surface area contributed by atoms with Gasteiger partial charge in [0.25, 0.3) is 0 Å². The Balaban J connectivity index is 1.27. The summed E-state index contributed by atoms with van der Waals surface area (Å²) < 4.78 is 10.1. The first-order valence-electron chi connectivity index (χ1n) is 15.4. The van der Waals surface area contributed by atoms with Gasteiger partial charge >= 0.3 is 0 Å². The second-order valence-corrected chi connectivity index (χ2v) is 12.4.